The molecule has 102 valence electrons. The summed E-state index contributed by atoms with van der Waals surface area (Å²) in [6, 6.07) is 8.46. The summed E-state index contributed by atoms with van der Waals surface area (Å²) >= 11 is 0. The smallest absolute Gasteiger partial charge is 0.307 e. The van der Waals surface area contributed by atoms with Crippen LogP contribution >= 0.6 is 0 Å². The van der Waals surface area contributed by atoms with Crippen molar-refractivity contribution in [1.29, 1.82) is 0 Å². The van der Waals surface area contributed by atoms with Crippen LogP contribution in [0.2, 0.25) is 0 Å². The molecule has 1 fully saturated rings. The van der Waals surface area contributed by atoms with Crippen LogP contribution in [0.15, 0.2) is 30.3 Å². The highest BCUT2D eigenvalue weighted by Crippen LogP contribution is 2.59. The number of hydrogen-bond donors (Lipinski definition) is 1. The number of allylic oxidation sites excluding steroid dienone is 1. The molecule has 0 radical (unpaired) electrons. The van der Waals surface area contributed by atoms with E-state index in [0.717, 1.165) is 5.56 Å². The van der Waals surface area contributed by atoms with Crippen LogP contribution in [0.5, 0.6) is 0 Å². The molecule has 0 aliphatic heterocycles. The second-order valence-corrected chi connectivity index (χ2v) is 6.34. The molecule has 0 amide bonds. The van der Waals surface area contributed by atoms with E-state index in [4.69, 9.17) is 5.11 Å². The maximum atomic E-state index is 11.1. The zero-order chi connectivity index (χ0) is 14.2. The predicted molar refractivity (Wildman–Crippen MR) is 78.0 cm³/mol. The highest BCUT2D eigenvalue weighted by molar-refractivity contribution is 5.76. The zero-order valence-electron chi connectivity index (χ0n) is 12.1. The van der Waals surface area contributed by atoms with Crippen LogP contribution in [0.25, 0.3) is 6.08 Å². The summed E-state index contributed by atoms with van der Waals surface area (Å²) in [7, 11) is 0. The number of carboxylic acids is 1. The first-order valence-electron chi connectivity index (χ1n) is 6.85. The molecule has 0 bridgehead atoms. The van der Waals surface area contributed by atoms with Crippen LogP contribution in [0.4, 0.5) is 0 Å². The molecule has 1 aliphatic rings. The molecule has 1 aromatic carbocycles. The SMILES string of the molecule is CC(C)c1ccc(C=CC2C(C(=O)O)C2(C)C)cc1. The zero-order valence-corrected chi connectivity index (χ0v) is 12.1. The Morgan fingerprint density at radius 1 is 1.26 bits per heavy atom. The molecule has 2 unspecified atom stereocenters. The third kappa shape index (κ3) is 2.73. The minimum absolute atomic E-state index is 0.111. The van der Waals surface area contributed by atoms with Crippen LogP contribution in [0.3, 0.4) is 0 Å². The molecule has 1 aliphatic carbocycles. The van der Waals surface area contributed by atoms with Crippen molar-refractivity contribution in [3.63, 3.8) is 0 Å². The van der Waals surface area contributed by atoms with Gasteiger partial charge in [0.2, 0.25) is 0 Å². The molecule has 2 nitrogen and oxygen atoms in total. The van der Waals surface area contributed by atoms with E-state index in [1.54, 1.807) is 0 Å². The molecule has 0 aromatic heterocycles. The Balaban J connectivity index is 2.06. The van der Waals surface area contributed by atoms with E-state index in [2.05, 4.69) is 38.1 Å². The minimum atomic E-state index is -0.685. The lowest BCUT2D eigenvalue weighted by molar-refractivity contribution is -0.139. The van der Waals surface area contributed by atoms with Gasteiger partial charge in [-0.25, -0.2) is 0 Å². The van der Waals surface area contributed by atoms with Gasteiger partial charge in [-0.15, -0.1) is 0 Å². The second-order valence-electron chi connectivity index (χ2n) is 6.34. The van der Waals surface area contributed by atoms with Crippen molar-refractivity contribution in [2.75, 3.05) is 0 Å². The third-order valence-corrected chi connectivity index (χ3v) is 4.28. The molecular weight excluding hydrogens is 236 g/mol. The monoisotopic (exact) mass is 258 g/mol. The van der Waals surface area contributed by atoms with Gasteiger partial charge in [0, 0.05) is 0 Å². The number of benzene rings is 1. The molecule has 19 heavy (non-hydrogen) atoms. The molecular formula is C17H22O2. The van der Waals surface area contributed by atoms with Crippen molar-refractivity contribution in [2.45, 2.75) is 33.6 Å². The quantitative estimate of drug-likeness (QED) is 0.879. The van der Waals surface area contributed by atoms with E-state index in [1.807, 2.05) is 26.0 Å². The van der Waals surface area contributed by atoms with Gasteiger partial charge in [0.15, 0.2) is 0 Å². The lowest BCUT2D eigenvalue weighted by Gasteiger charge is -2.04. The lowest BCUT2D eigenvalue weighted by atomic mass is 10.0. The normalized spacial score (nSPS) is 24.9. The van der Waals surface area contributed by atoms with Gasteiger partial charge in [0.05, 0.1) is 5.92 Å². The summed E-state index contributed by atoms with van der Waals surface area (Å²) in [5.41, 5.74) is 2.35. The highest BCUT2D eigenvalue weighted by Gasteiger charge is 2.60. The third-order valence-electron chi connectivity index (χ3n) is 4.28. The maximum Gasteiger partial charge on any atom is 0.307 e. The Morgan fingerprint density at radius 2 is 1.84 bits per heavy atom. The van der Waals surface area contributed by atoms with E-state index >= 15 is 0 Å². The van der Waals surface area contributed by atoms with Crippen LogP contribution in [-0.2, 0) is 4.79 Å². The summed E-state index contributed by atoms with van der Waals surface area (Å²) in [6.07, 6.45) is 4.09. The van der Waals surface area contributed by atoms with Gasteiger partial charge in [-0.2, -0.15) is 0 Å². The summed E-state index contributed by atoms with van der Waals surface area (Å²) < 4.78 is 0. The van der Waals surface area contributed by atoms with Gasteiger partial charge in [-0.1, -0.05) is 64.1 Å². The van der Waals surface area contributed by atoms with Gasteiger partial charge in [0.25, 0.3) is 0 Å². The molecule has 1 aromatic rings. The molecule has 0 heterocycles. The van der Waals surface area contributed by atoms with Gasteiger partial charge in [-0.05, 0) is 28.4 Å². The van der Waals surface area contributed by atoms with Crippen molar-refractivity contribution in [3.8, 4) is 0 Å². The fraction of sp³-hybridized carbons (Fsp3) is 0.471. The number of carboxylic acid groups (broad SMARTS) is 1. The summed E-state index contributed by atoms with van der Waals surface area (Å²) in [5, 5.41) is 9.12. The molecule has 0 saturated heterocycles. The van der Waals surface area contributed by atoms with Crippen molar-refractivity contribution in [2.24, 2.45) is 17.3 Å². The first-order valence-corrected chi connectivity index (χ1v) is 6.85. The van der Waals surface area contributed by atoms with E-state index in [0.29, 0.717) is 5.92 Å². The van der Waals surface area contributed by atoms with Crippen LogP contribution in [-0.4, -0.2) is 11.1 Å². The van der Waals surface area contributed by atoms with Crippen LogP contribution in [0.1, 0.15) is 44.7 Å². The Bertz CT molecular complexity index is 494. The Hall–Kier alpha value is -1.57. The van der Waals surface area contributed by atoms with Crippen molar-refractivity contribution < 1.29 is 9.90 Å². The Morgan fingerprint density at radius 3 is 2.26 bits per heavy atom. The van der Waals surface area contributed by atoms with Gasteiger partial charge in [-0.3, -0.25) is 4.79 Å². The second kappa shape index (κ2) is 4.84. The molecule has 2 atom stereocenters. The Kier molecular flexibility index (Phi) is 3.53. The summed E-state index contributed by atoms with van der Waals surface area (Å²) in [5.74, 6) is -0.236. The number of rotatable bonds is 4. The van der Waals surface area contributed by atoms with E-state index in [-0.39, 0.29) is 17.3 Å². The molecule has 2 rings (SSSR count). The molecule has 1 saturated carbocycles. The van der Waals surface area contributed by atoms with Crippen LogP contribution < -0.4 is 0 Å². The fourth-order valence-corrected chi connectivity index (χ4v) is 2.72. The summed E-state index contributed by atoms with van der Waals surface area (Å²) in [4.78, 5) is 11.1. The van der Waals surface area contributed by atoms with Gasteiger partial charge >= 0.3 is 5.97 Å². The van der Waals surface area contributed by atoms with Crippen LogP contribution in [0, 0.1) is 17.3 Å². The minimum Gasteiger partial charge on any atom is -0.481 e. The Labute approximate surface area is 115 Å². The van der Waals surface area contributed by atoms with Crippen molar-refractivity contribution in [1.82, 2.24) is 0 Å². The largest absolute Gasteiger partial charge is 0.481 e. The first-order chi connectivity index (χ1) is 8.84. The molecule has 0 spiro atoms. The van der Waals surface area contributed by atoms with Gasteiger partial charge in [0.1, 0.15) is 0 Å². The van der Waals surface area contributed by atoms with Gasteiger partial charge < -0.3 is 5.11 Å². The number of hydrogen-bond acceptors (Lipinski definition) is 1. The summed E-state index contributed by atoms with van der Waals surface area (Å²) in [6.45, 7) is 8.38. The van der Waals surface area contributed by atoms with E-state index in [9.17, 15) is 4.79 Å². The fourth-order valence-electron chi connectivity index (χ4n) is 2.72. The lowest BCUT2D eigenvalue weighted by Crippen LogP contribution is -2.02. The average Bonchev–Trinajstić information content (AvgIpc) is 2.89. The number of carbonyl (C=O) groups is 1. The van der Waals surface area contributed by atoms with Crippen molar-refractivity contribution in [3.05, 3.63) is 41.5 Å². The van der Waals surface area contributed by atoms with E-state index in [1.165, 1.54) is 5.56 Å². The first kappa shape index (κ1) is 13.9. The topological polar surface area (TPSA) is 37.3 Å². The van der Waals surface area contributed by atoms with Crippen molar-refractivity contribution >= 4 is 12.0 Å². The van der Waals surface area contributed by atoms with E-state index < -0.39 is 5.97 Å². The maximum absolute atomic E-state index is 11.1. The predicted octanol–water partition coefficient (Wildman–Crippen LogP) is 4.18. The standard InChI is InChI=1S/C17H22O2/c1-11(2)13-8-5-12(6-9-13)7-10-14-15(16(18)19)17(14,3)4/h5-11,14-15H,1-4H3,(H,18,19). The molecule has 1 N–H and O–H groups in total. The number of aliphatic carboxylic acids is 1. The highest BCUT2D eigenvalue weighted by atomic mass is 16.4. The average molecular weight is 258 g/mol. The molecule has 2 heteroatoms.